The number of rotatable bonds is 5. The lowest BCUT2D eigenvalue weighted by molar-refractivity contribution is 0.166. The Balaban J connectivity index is 3.00. The van der Waals surface area contributed by atoms with E-state index in [0.717, 1.165) is 17.7 Å². The van der Waals surface area contributed by atoms with Crippen molar-refractivity contribution >= 4 is 0 Å². The van der Waals surface area contributed by atoms with Gasteiger partial charge in [-0.25, -0.2) is 0 Å². The van der Waals surface area contributed by atoms with Crippen molar-refractivity contribution in [1.29, 1.82) is 0 Å². The number of aliphatic hydroxyl groups excluding tert-OH is 1. The number of benzene rings is 1. The van der Waals surface area contributed by atoms with E-state index in [2.05, 4.69) is 6.92 Å². The zero-order chi connectivity index (χ0) is 11.3. The molecular weight excluding hydrogens is 190 g/mol. The van der Waals surface area contributed by atoms with Gasteiger partial charge in [-0.3, -0.25) is 0 Å². The third-order valence-electron chi connectivity index (χ3n) is 2.50. The van der Waals surface area contributed by atoms with Gasteiger partial charge in [0.1, 0.15) is 5.75 Å². The Hall–Kier alpha value is -1.06. The van der Waals surface area contributed by atoms with Gasteiger partial charge in [-0.15, -0.1) is 0 Å². The van der Waals surface area contributed by atoms with E-state index in [1.54, 1.807) is 7.11 Å². The molecule has 1 aromatic carbocycles. The summed E-state index contributed by atoms with van der Waals surface area (Å²) in [6, 6.07) is 5.89. The molecule has 15 heavy (non-hydrogen) atoms. The fourth-order valence-corrected chi connectivity index (χ4v) is 1.58. The van der Waals surface area contributed by atoms with Crippen LogP contribution in [0, 0.1) is 0 Å². The molecule has 0 heterocycles. The Bertz CT molecular complexity index is 312. The molecule has 0 saturated heterocycles. The molecule has 3 heteroatoms. The third kappa shape index (κ3) is 2.94. The molecule has 0 aromatic heterocycles. The van der Waals surface area contributed by atoms with E-state index in [1.807, 2.05) is 18.2 Å². The topological polar surface area (TPSA) is 55.5 Å². The first-order chi connectivity index (χ1) is 7.22. The number of aryl methyl sites for hydroxylation is 1. The number of hydrogen-bond donors (Lipinski definition) is 2. The normalized spacial score (nSPS) is 12.5. The second-order valence-corrected chi connectivity index (χ2v) is 3.52. The first-order valence-electron chi connectivity index (χ1n) is 5.27. The van der Waals surface area contributed by atoms with E-state index in [1.165, 1.54) is 5.56 Å². The molecule has 0 fully saturated rings. The van der Waals surface area contributed by atoms with Gasteiger partial charge in [0.2, 0.25) is 0 Å². The molecule has 84 valence electrons. The highest BCUT2D eigenvalue weighted by molar-refractivity contribution is 5.38. The summed E-state index contributed by atoms with van der Waals surface area (Å²) in [6.07, 6.45) is 0.979. The van der Waals surface area contributed by atoms with Crippen molar-refractivity contribution in [3.63, 3.8) is 0 Å². The first-order valence-corrected chi connectivity index (χ1v) is 5.27. The smallest absolute Gasteiger partial charge is 0.124 e. The van der Waals surface area contributed by atoms with Crippen LogP contribution < -0.4 is 10.5 Å². The lowest BCUT2D eigenvalue weighted by atomic mass is 10.0. The van der Waals surface area contributed by atoms with Gasteiger partial charge in [0.05, 0.1) is 13.2 Å². The molecule has 3 N–H and O–H groups in total. The zero-order valence-corrected chi connectivity index (χ0v) is 9.36. The number of ether oxygens (including phenoxy) is 1. The second kappa shape index (κ2) is 5.73. The minimum absolute atomic E-state index is 0.473. The highest BCUT2D eigenvalue weighted by Gasteiger charge is 2.12. The van der Waals surface area contributed by atoms with Crippen molar-refractivity contribution in [1.82, 2.24) is 0 Å². The molecule has 1 atom stereocenters. The summed E-state index contributed by atoms with van der Waals surface area (Å²) >= 11 is 0. The lowest BCUT2D eigenvalue weighted by Gasteiger charge is -2.15. The molecule has 0 amide bonds. The maximum absolute atomic E-state index is 9.89. The molecular formula is C12H19NO2. The molecule has 1 rings (SSSR count). The summed E-state index contributed by atoms with van der Waals surface area (Å²) < 4.78 is 5.21. The number of methoxy groups -OCH3 is 1. The average Bonchev–Trinajstić information content (AvgIpc) is 2.28. The lowest BCUT2D eigenvalue weighted by Crippen LogP contribution is -2.08. The van der Waals surface area contributed by atoms with Crippen molar-refractivity contribution in [2.75, 3.05) is 13.7 Å². The van der Waals surface area contributed by atoms with Gasteiger partial charge in [-0.1, -0.05) is 13.0 Å². The van der Waals surface area contributed by atoms with Gasteiger partial charge >= 0.3 is 0 Å². The molecule has 0 spiro atoms. The molecule has 0 saturated carbocycles. The van der Waals surface area contributed by atoms with Crippen LogP contribution in [0.2, 0.25) is 0 Å². The molecule has 0 aliphatic rings. The number of aliphatic hydroxyl groups is 1. The largest absolute Gasteiger partial charge is 0.496 e. The third-order valence-corrected chi connectivity index (χ3v) is 2.50. The minimum atomic E-state index is -0.531. The molecule has 1 unspecified atom stereocenters. The summed E-state index contributed by atoms with van der Waals surface area (Å²) in [4.78, 5) is 0. The SMILES string of the molecule is CCc1ccc(OC)c(C(O)CCN)c1. The molecule has 0 radical (unpaired) electrons. The van der Waals surface area contributed by atoms with Crippen LogP contribution in [0.4, 0.5) is 0 Å². The van der Waals surface area contributed by atoms with Crippen LogP contribution in [0.5, 0.6) is 5.75 Å². The second-order valence-electron chi connectivity index (χ2n) is 3.52. The van der Waals surface area contributed by atoms with Gasteiger partial charge < -0.3 is 15.6 Å². The summed E-state index contributed by atoms with van der Waals surface area (Å²) in [5, 5.41) is 9.89. The summed E-state index contributed by atoms with van der Waals surface area (Å²) in [5.41, 5.74) is 7.46. The molecule has 1 aromatic rings. The van der Waals surface area contributed by atoms with Crippen molar-refractivity contribution in [3.05, 3.63) is 29.3 Å². The van der Waals surface area contributed by atoms with E-state index in [0.29, 0.717) is 13.0 Å². The standard InChI is InChI=1S/C12H19NO2/c1-3-9-4-5-12(15-2)10(8-9)11(14)6-7-13/h4-5,8,11,14H,3,6-7,13H2,1-2H3. The Morgan fingerprint density at radius 1 is 1.47 bits per heavy atom. The van der Waals surface area contributed by atoms with Crippen molar-refractivity contribution < 1.29 is 9.84 Å². The van der Waals surface area contributed by atoms with E-state index >= 15 is 0 Å². The molecule has 0 bridgehead atoms. The fraction of sp³-hybridized carbons (Fsp3) is 0.500. The Labute approximate surface area is 90.9 Å². The maximum Gasteiger partial charge on any atom is 0.124 e. The van der Waals surface area contributed by atoms with Crippen LogP contribution in [0.1, 0.15) is 30.6 Å². The van der Waals surface area contributed by atoms with Gasteiger partial charge in [-0.05, 0) is 37.1 Å². The van der Waals surface area contributed by atoms with E-state index < -0.39 is 6.10 Å². The average molecular weight is 209 g/mol. The van der Waals surface area contributed by atoms with Gasteiger partial charge in [0, 0.05) is 5.56 Å². The quantitative estimate of drug-likeness (QED) is 0.775. The summed E-state index contributed by atoms with van der Waals surface area (Å²) in [6.45, 7) is 2.56. The molecule has 0 aliphatic carbocycles. The van der Waals surface area contributed by atoms with Gasteiger partial charge in [0.15, 0.2) is 0 Å². The highest BCUT2D eigenvalue weighted by atomic mass is 16.5. The van der Waals surface area contributed by atoms with Crippen LogP contribution in [-0.4, -0.2) is 18.8 Å². The first kappa shape index (κ1) is 12.0. The summed E-state index contributed by atoms with van der Waals surface area (Å²) in [5.74, 6) is 0.730. The zero-order valence-electron chi connectivity index (χ0n) is 9.36. The van der Waals surface area contributed by atoms with Crippen LogP contribution in [-0.2, 0) is 6.42 Å². The summed E-state index contributed by atoms with van der Waals surface area (Å²) in [7, 11) is 1.61. The van der Waals surface area contributed by atoms with Crippen LogP contribution in [0.25, 0.3) is 0 Å². The molecule has 3 nitrogen and oxygen atoms in total. The van der Waals surface area contributed by atoms with Crippen molar-refractivity contribution in [2.45, 2.75) is 25.9 Å². The number of hydrogen-bond acceptors (Lipinski definition) is 3. The highest BCUT2D eigenvalue weighted by Crippen LogP contribution is 2.28. The van der Waals surface area contributed by atoms with Gasteiger partial charge in [-0.2, -0.15) is 0 Å². The Morgan fingerprint density at radius 2 is 2.20 bits per heavy atom. The van der Waals surface area contributed by atoms with E-state index in [9.17, 15) is 5.11 Å². The predicted octanol–water partition coefficient (Wildman–Crippen LogP) is 1.64. The van der Waals surface area contributed by atoms with Crippen molar-refractivity contribution in [2.24, 2.45) is 5.73 Å². The van der Waals surface area contributed by atoms with Gasteiger partial charge in [0.25, 0.3) is 0 Å². The Morgan fingerprint density at radius 3 is 2.73 bits per heavy atom. The monoisotopic (exact) mass is 209 g/mol. The van der Waals surface area contributed by atoms with Crippen LogP contribution in [0.3, 0.4) is 0 Å². The van der Waals surface area contributed by atoms with E-state index in [4.69, 9.17) is 10.5 Å². The Kier molecular flexibility index (Phi) is 4.59. The fourth-order valence-electron chi connectivity index (χ4n) is 1.58. The van der Waals surface area contributed by atoms with Crippen LogP contribution >= 0.6 is 0 Å². The molecule has 0 aliphatic heterocycles. The van der Waals surface area contributed by atoms with E-state index in [-0.39, 0.29) is 0 Å². The number of nitrogens with two attached hydrogens (primary N) is 1. The predicted molar refractivity (Wildman–Crippen MR) is 61.0 cm³/mol. The maximum atomic E-state index is 9.89. The minimum Gasteiger partial charge on any atom is -0.496 e. The van der Waals surface area contributed by atoms with Crippen molar-refractivity contribution in [3.8, 4) is 5.75 Å². The van der Waals surface area contributed by atoms with Crippen LogP contribution in [0.15, 0.2) is 18.2 Å².